The lowest BCUT2D eigenvalue weighted by molar-refractivity contribution is -0.121. The third-order valence-corrected chi connectivity index (χ3v) is 3.53. The molecule has 0 aromatic heterocycles. The molecule has 1 atom stereocenters. The van der Waals surface area contributed by atoms with Gasteiger partial charge in [-0.3, -0.25) is 15.5 Å². The Morgan fingerprint density at radius 2 is 1.73 bits per heavy atom. The number of rotatable bonds is 4. The standard InChI is InChI=1S/C16H16ClN3O.ClH/c17-14-9-5-4-8-12(14)10-13(15(21)20-16(18)19)11-6-2-1-3-7-11;/h1-9,13H,10H2,(H4,18,19,20,21);1H. The van der Waals surface area contributed by atoms with Gasteiger partial charge in [0.1, 0.15) is 0 Å². The number of carbonyl (C=O) groups is 1. The summed E-state index contributed by atoms with van der Waals surface area (Å²) in [6, 6.07) is 16.8. The normalized spacial score (nSPS) is 11.1. The van der Waals surface area contributed by atoms with E-state index >= 15 is 0 Å². The summed E-state index contributed by atoms with van der Waals surface area (Å²) in [6.07, 6.45) is 0.447. The van der Waals surface area contributed by atoms with E-state index in [4.69, 9.17) is 22.7 Å². The first-order chi connectivity index (χ1) is 10.1. The zero-order chi connectivity index (χ0) is 15.2. The average molecular weight is 338 g/mol. The Morgan fingerprint density at radius 1 is 1.14 bits per heavy atom. The molecule has 0 saturated carbocycles. The van der Waals surface area contributed by atoms with E-state index in [1.54, 1.807) is 6.07 Å². The van der Waals surface area contributed by atoms with Crippen LogP contribution in [-0.2, 0) is 11.2 Å². The van der Waals surface area contributed by atoms with Crippen molar-refractivity contribution in [3.05, 3.63) is 70.7 Å². The Bertz CT molecular complexity index is 647. The third-order valence-electron chi connectivity index (χ3n) is 3.16. The van der Waals surface area contributed by atoms with Crippen LogP contribution in [0.25, 0.3) is 0 Å². The number of halogens is 2. The molecule has 0 aliphatic heterocycles. The van der Waals surface area contributed by atoms with Crippen LogP contribution in [0.3, 0.4) is 0 Å². The molecule has 4 nitrogen and oxygen atoms in total. The van der Waals surface area contributed by atoms with Crippen molar-refractivity contribution in [2.45, 2.75) is 12.3 Å². The highest BCUT2D eigenvalue weighted by Gasteiger charge is 2.22. The van der Waals surface area contributed by atoms with Crippen LogP contribution in [-0.4, -0.2) is 11.9 Å². The van der Waals surface area contributed by atoms with Gasteiger partial charge in [-0.05, 0) is 23.6 Å². The predicted molar refractivity (Wildman–Crippen MR) is 91.6 cm³/mol. The lowest BCUT2D eigenvalue weighted by Crippen LogP contribution is -2.39. The molecular formula is C16H17Cl2N3O. The lowest BCUT2D eigenvalue weighted by Gasteiger charge is -2.17. The molecule has 0 radical (unpaired) electrons. The van der Waals surface area contributed by atoms with E-state index in [0.29, 0.717) is 11.4 Å². The minimum Gasteiger partial charge on any atom is -0.370 e. The highest BCUT2D eigenvalue weighted by atomic mass is 35.5. The molecule has 0 aliphatic carbocycles. The number of benzene rings is 2. The van der Waals surface area contributed by atoms with E-state index in [1.807, 2.05) is 48.5 Å². The van der Waals surface area contributed by atoms with E-state index in [9.17, 15) is 4.79 Å². The number of nitrogens with two attached hydrogens (primary N) is 1. The Hall–Kier alpha value is -2.04. The SMILES string of the molecule is Cl.N=C(N)NC(=O)C(Cc1ccccc1Cl)c1ccccc1. The van der Waals surface area contributed by atoms with Crippen molar-refractivity contribution in [1.29, 1.82) is 5.41 Å². The molecule has 6 heteroatoms. The topological polar surface area (TPSA) is 79.0 Å². The fourth-order valence-corrected chi connectivity index (χ4v) is 2.36. The van der Waals surface area contributed by atoms with Crippen LogP contribution in [0.2, 0.25) is 5.02 Å². The Morgan fingerprint density at radius 3 is 2.32 bits per heavy atom. The van der Waals surface area contributed by atoms with Gasteiger partial charge in [-0.2, -0.15) is 0 Å². The minimum atomic E-state index is -0.449. The number of hydrogen-bond acceptors (Lipinski definition) is 2. The number of nitrogens with one attached hydrogen (secondary N) is 2. The molecule has 2 aromatic carbocycles. The van der Waals surface area contributed by atoms with E-state index in [1.165, 1.54) is 0 Å². The molecule has 0 spiro atoms. The molecule has 0 heterocycles. The fourth-order valence-electron chi connectivity index (χ4n) is 2.15. The first-order valence-electron chi connectivity index (χ1n) is 6.51. The molecule has 2 aromatic rings. The summed E-state index contributed by atoms with van der Waals surface area (Å²) in [7, 11) is 0. The number of hydrogen-bond donors (Lipinski definition) is 3. The molecule has 1 amide bonds. The molecular weight excluding hydrogens is 321 g/mol. The summed E-state index contributed by atoms with van der Waals surface area (Å²) in [6.45, 7) is 0. The van der Waals surface area contributed by atoms with Crippen molar-refractivity contribution >= 4 is 35.9 Å². The van der Waals surface area contributed by atoms with Crippen molar-refractivity contribution in [3.63, 3.8) is 0 Å². The Balaban J connectivity index is 0.00000242. The monoisotopic (exact) mass is 337 g/mol. The first kappa shape index (κ1) is 18.0. The quantitative estimate of drug-likeness (QED) is 0.592. The van der Waals surface area contributed by atoms with E-state index in [-0.39, 0.29) is 24.3 Å². The van der Waals surface area contributed by atoms with Gasteiger partial charge in [-0.1, -0.05) is 60.1 Å². The number of guanidine groups is 1. The maximum absolute atomic E-state index is 12.3. The lowest BCUT2D eigenvalue weighted by atomic mass is 9.91. The van der Waals surface area contributed by atoms with Crippen molar-refractivity contribution in [3.8, 4) is 0 Å². The zero-order valence-corrected chi connectivity index (χ0v) is 13.3. The summed E-state index contributed by atoms with van der Waals surface area (Å²) in [5, 5.41) is 10.2. The van der Waals surface area contributed by atoms with Crippen molar-refractivity contribution in [2.24, 2.45) is 5.73 Å². The zero-order valence-electron chi connectivity index (χ0n) is 11.8. The summed E-state index contributed by atoms with van der Waals surface area (Å²) in [4.78, 5) is 12.3. The summed E-state index contributed by atoms with van der Waals surface area (Å²) < 4.78 is 0. The van der Waals surface area contributed by atoms with Gasteiger partial charge in [-0.25, -0.2) is 0 Å². The van der Waals surface area contributed by atoms with Crippen LogP contribution >= 0.6 is 24.0 Å². The van der Waals surface area contributed by atoms with E-state index in [0.717, 1.165) is 11.1 Å². The smallest absolute Gasteiger partial charge is 0.234 e. The van der Waals surface area contributed by atoms with Gasteiger partial charge in [0, 0.05) is 5.02 Å². The molecule has 22 heavy (non-hydrogen) atoms. The van der Waals surface area contributed by atoms with Crippen LogP contribution in [0, 0.1) is 5.41 Å². The van der Waals surface area contributed by atoms with Crippen LogP contribution in [0.5, 0.6) is 0 Å². The molecule has 116 valence electrons. The van der Waals surface area contributed by atoms with Gasteiger partial charge in [0.05, 0.1) is 5.92 Å². The third kappa shape index (κ3) is 4.76. The van der Waals surface area contributed by atoms with Gasteiger partial charge in [0.2, 0.25) is 5.91 Å². The second-order valence-corrected chi connectivity index (χ2v) is 5.07. The van der Waals surface area contributed by atoms with Gasteiger partial charge in [0.25, 0.3) is 0 Å². The second kappa shape index (κ2) is 8.41. The second-order valence-electron chi connectivity index (χ2n) is 4.66. The average Bonchev–Trinajstić information content (AvgIpc) is 2.46. The maximum atomic E-state index is 12.3. The number of amides is 1. The van der Waals surface area contributed by atoms with E-state index in [2.05, 4.69) is 5.32 Å². The Kier molecular flexibility index (Phi) is 6.89. The van der Waals surface area contributed by atoms with Crippen LogP contribution < -0.4 is 11.1 Å². The number of carbonyl (C=O) groups excluding carboxylic acids is 1. The van der Waals surface area contributed by atoms with Crippen molar-refractivity contribution in [2.75, 3.05) is 0 Å². The summed E-state index contributed by atoms with van der Waals surface area (Å²) >= 11 is 6.17. The van der Waals surface area contributed by atoms with Crippen LogP contribution in [0.1, 0.15) is 17.0 Å². The van der Waals surface area contributed by atoms with E-state index < -0.39 is 5.92 Å². The predicted octanol–water partition coefficient (Wildman–Crippen LogP) is 3.10. The van der Waals surface area contributed by atoms with Gasteiger partial charge >= 0.3 is 0 Å². The summed E-state index contributed by atoms with van der Waals surface area (Å²) in [5.41, 5.74) is 7.00. The van der Waals surface area contributed by atoms with Gasteiger partial charge in [0.15, 0.2) is 5.96 Å². The highest BCUT2D eigenvalue weighted by Crippen LogP contribution is 2.25. The minimum absolute atomic E-state index is 0. The molecule has 2 rings (SSSR count). The van der Waals surface area contributed by atoms with Gasteiger partial charge < -0.3 is 5.73 Å². The summed E-state index contributed by atoms with van der Waals surface area (Å²) in [5.74, 6) is -1.12. The molecule has 4 N–H and O–H groups in total. The largest absolute Gasteiger partial charge is 0.370 e. The fraction of sp³-hybridized carbons (Fsp3) is 0.125. The molecule has 0 saturated heterocycles. The highest BCUT2D eigenvalue weighted by molar-refractivity contribution is 6.31. The Labute approximate surface area is 140 Å². The molecule has 1 unspecified atom stereocenters. The van der Waals surface area contributed by atoms with Crippen molar-refractivity contribution in [1.82, 2.24) is 5.32 Å². The molecule has 0 fully saturated rings. The van der Waals surface area contributed by atoms with Crippen molar-refractivity contribution < 1.29 is 4.79 Å². The maximum Gasteiger partial charge on any atom is 0.234 e. The van der Waals surface area contributed by atoms with Crippen LogP contribution in [0.4, 0.5) is 0 Å². The molecule has 0 bridgehead atoms. The molecule has 0 aliphatic rings. The first-order valence-corrected chi connectivity index (χ1v) is 6.89. The van der Waals surface area contributed by atoms with Crippen LogP contribution in [0.15, 0.2) is 54.6 Å². The van der Waals surface area contributed by atoms with Gasteiger partial charge in [-0.15, -0.1) is 12.4 Å².